The Morgan fingerprint density at radius 1 is 1.09 bits per heavy atom. The van der Waals surface area contributed by atoms with Gasteiger partial charge in [-0.15, -0.1) is 0 Å². The van der Waals surface area contributed by atoms with E-state index < -0.39 is 5.60 Å². The molecule has 2 bridgehead atoms. The van der Waals surface area contributed by atoms with Crippen molar-refractivity contribution in [3.8, 4) is 5.75 Å². The number of piperidine rings is 1. The molecule has 2 saturated heterocycles. The first-order chi connectivity index (χ1) is 16.0. The van der Waals surface area contributed by atoms with Gasteiger partial charge in [-0.2, -0.15) is 0 Å². The van der Waals surface area contributed by atoms with Crippen LogP contribution < -0.4 is 0 Å². The van der Waals surface area contributed by atoms with E-state index in [-0.39, 0.29) is 11.5 Å². The number of likely N-dealkylation sites (tertiary alicyclic amines) is 2. The van der Waals surface area contributed by atoms with Crippen molar-refractivity contribution in [1.82, 2.24) is 14.8 Å². The summed E-state index contributed by atoms with van der Waals surface area (Å²) in [6.45, 7) is 7.23. The summed E-state index contributed by atoms with van der Waals surface area (Å²) in [5.74, 6) is 1.15. The summed E-state index contributed by atoms with van der Waals surface area (Å²) in [4.78, 5) is 9.76. The van der Waals surface area contributed by atoms with Gasteiger partial charge in [-0.25, -0.2) is 0 Å². The van der Waals surface area contributed by atoms with E-state index in [0.717, 1.165) is 70.7 Å². The molecule has 33 heavy (non-hydrogen) atoms. The Kier molecular flexibility index (Phi) is 5.28. The number of fused-ring (bicyclic) bond motifs is 1. The molecule has 3 atom stereocenters. The fourth-order valence-electron chi connectivity index (χ4n) is 7.18. The fourth-order valence-corrected chi connectivity index (χ4v) is 7.18. The molecule has 0 amide bonds. The number of aromatic nitrogens is 1. The number of phenolic OH excluding ortho intramolecular Hbond substituents is 1. The van der Waals surface area contributed by atoms with Crippen molar-refractivity contribution in [2.45, 2.75) is 68.9 Å². The molecular weight excluding hydrogens is 410 g/mol. The SMILES string of the molecule is Cc1cccnc1CCN1CC[C@]23CCN(CC4CC4)[C@H](Cc4ccc(O)cc42)[C@]3(O)CC1. The van der Waals surface area contributed by atoms with E-state index in [1.807, 2.05) is 24.4 Å². The van der Waals surface area contributed by atoms with E-state index in [1.54, 1.807) is 0 Å². The molecule has 4 aliphatic rings. The van der Waals surface area contributed by atoms with E-state index >= 15 is 0 Å². The Hall–Kier alpha value is -1.95. The quantitative estimate of drug-likeness (QED) is 0.735. The Morgan fingerprint density at radius 3 is 2.73 bits per heavy atom. The van der Waals surface area contributed by atoms with Gasteiger partial charge in [0.05, 0.1) is 5.60 Å². The number of hydrogen-bond donors (Lipinski definition) is 2. The Bertz CT molecular complexity index is 1040. The van der Waals surface area contributed by atoms with Gasteiger partial charge in [-0.1, -0.05) is 12.1 Å². The zero-order chi connectivity index (χ0) is 22.6. The summed E-state index contributed by atoms with van der Waals surface area (Å²) < 4.78 is 0. The number of nitrogens with zero attached hydrogens (tertiary/aromatic N) is 3. The smallest absolute Gasteiger partial charge is 0.115 e. The largest absolute Gasteiger partial charge is 0.508 e. The predicted molar refractivity (Wildman–Crippen MR) is 129 cm³/mol. The summed E-state index contributed by atoms with van der Waals surface area (Å²) in [6, 6.07) is 10.2. The van der Waals surface area contributed by atoms with E-state index in [0.29, 0.717) is 5.75 Å². The highest BCUT2D eigenvalue weighted by atomic mass is 16.3. The fraction of sp³-hybridized carbons (Fsp3) is 0.607. The van der Waals surface area contributed by atoms with Gasteiger partial charge < -0.3 is 15.1 Å². The van der Waals surface area contributed by atoms with E-state index in [1.165, 1.54) is 35.2 Å². The lowest BCUT2D eigenvalue weighted by Gasteiger charge is -2.61. The van der Waals surface area contributed by atoms with Crippen molar-refractivity contribution < 1.29 is 10.2 Å². The molecule has 0 unspecified atom stereocenters. The second kappa shape index (κ2) is 8.07. The molecule has 1 aromatic carbocycles. The van der Waals surface area contributed by atoms with Crippen LogP contribution in [0.25, 0.3) is 0 Å². The lowest BCUT2D eigenvalue weighted by atomic mass is 9.52. The van der Waals surface area contributed by atoms with E-state index in [2.05, 4.69) is 33.8 Å². The topological polar surface area (TPSA) is 59.8 Å². The molecule has 176 valence electrons. The maximum absolute atomic E-state index is 12.6. The highest BCUT2D eigenvalue weighted by molar-refractivity contribution is 5.48. The monoisotopic (exact) mass is 447 g/mol. The average molecular weight is 448 g/mol. The van der Waals surface area contributed by atoms with Crippen molar-refractivity contribution in [3.63, 3.8) is 0 Å². The standard InChI is InChI=1S/C28H37N3O2/c1-20-3-2-12-29-25(20)8-13-30-14-9-27-10-16-31(19-21-4-5-21)26(28(27,33)11-15-30)17-22-6-7-23(32)18-24(22)27/h2-3,6-7,12,18,21,26,32-33H,4-5,8-11,13-17,19H2,1H3/t26-,27+,28-/m1/s1. The van der Waals surface area contributed by atoms with Gasteiger partial charge in [-0.3, -0.25) is 9.88 Å². The summed E-state index contributed by atoms with van der Waals surface area (Å²) in [5.41, 5.74) is 3.99. The number of phenols is 1. The molecule has 1 saturated carbocycles. The molecule has 1 aromatic heterocycles. The van der Waals surface area contributed by atoms with Gasteiger partial charge >= 0.3 is 0 Å². The van der Waals surface area contributed by atoms with Crippen LogP contribution in [0.15, 0.2) is 36.5 Å². The molecule has 3 fully saturated rings. The maximum atomic E-state index is 12.6. The molecule has 2 aliphatic carbocycles. The van der Waals surface area contributed by atoms with Gasteiger partial charge in [0.1, 0.15) is 5.75 Å². The van der Waals surface area contributed by atoms with Crippen molar-refractivity contribution in [3.05, 3.63) is 58.9 Å². The minimum Gasteiger partial charge on any atom is -0.508 e. The summed E-state index contributed by atoms with van der Waals surface area (Å²) in [7, 11) is 0. The van der Waals surface area contributed by atoms with Crippen LogP contribution in [-0.2, 0) is 18.3 Å². The van der Waals surface area contributed by atoms with Gasteiger partial charge in [0.2, 0.25) is 0 Å². The summed E-state index contributed by atoms with van der Waals surface area (Å²) >= 11 is 0. The minimum absolute atomic E-state index is 0.182. The van der Waals surface area contributed by atoms with Crippen LogP contribution in [0, 0.1) is 12.8 Å². The third-order valence-electron chi connectivity index (χ3n) is 9.31. The molecule has 2 aliphatic heterocycles. The number of hydrogen-bond acceptors (Lipinski definition) is 5. The summed E-state index contributed by atoms with van der Waals surface area (Å²) in [5, 5.41) is 23.0. The molecule has 6 rings (SSSR count). The highest BCUT2D eigenvalue weighted by Crippen LogP contribution is 2.56. The Labute approximate surface area is 197 Å². The molecule has 0 radical (unpaired) electrons. The van der Waals surface area contributed by atoms with Gasteiger partial charge in [0.25, 0.3) is 0 Å². The van der Waals surface area contributed by atoms with E-state index in [9.17, 15) is 10.2 Å². The number of rotatable bonds is 5. The first kappa shape index (κ1) is 21.6. The maximum Gasteiger partial charge on any atom is 0.115 e. The number of benzene rings is 1. The molecule has 0 spiro atoms. The third-order valence-corrected chi connectivity index (χ3v) is 9.31. The predicted octanol–water partition coefficient (Wildman–Crippen LogP) is 3.44. The normalized spacial score (nSPS) is 32.1. The average Bonchev–Trinajstić information content (AvgIpc) is 3.63. The van der Waals surface area contributed by atoms with Crippen LogP contribution in [0.5, 0.6) is 5.75 Å². The molecule has 2 N–H and O–H groups in total. The van der Waals surface area contributed by atoms with Crippen LogP contribution >= 0.6 is 0 Å². The van der Waals surface area contributed by atoms with Crippen LogP contribution in [0.3, 0.4) is 0 Å². The third kappa shape index (κ3) is 3.60. The first-order valence-electron chi connectivity index (χ1n) is 12.9. The Balaban J connectivity index is 1.31. The zero-order valence-electron chi connectivity index (χ0n) is 19.8. The molecular formula is C28H37N3O2. The summed E-state index contributed by atoms with van der Waals surface area (Å²) in [6.07, 6.45) is 9.17. The molecule has 5 heteroatoms. The molecule has 2 aromatic rings. The molecule has 3 heterocycles. The van der Waals surface area contributed by atoms with Crippen molar-refractivity contribution >= 4 is 0 Å². The second-order valence-corrected chi connectivity index (χ2v) is 11.1. The van der Waals surface area contributed by atoms with Crippen LogP contribution in [0.1, 0.15) is 54.5 Å². The van der Waals surface area contributed by atoms with Crippen molar-refractivity contribution in [2.75, 3.05) is 32.7 Å². The number of aliphatic hydroxyl groups is 1. The highest BCUT2D eigenvalue weighted by Gasteiger charge is 2.63. The lowest BCUT2D eigenvalue weighted by molar-refractivity contribution is -0.149. The first-order valence-corrected chi connectivity index (χ1v) is 12.9. The second-order valence-electron chi connectivity index (χ2n) is 11.1. The minimum atomic E-state index is -0.739. The number of aryl methyl sites for hydroxylation is 1. The molecule has 5 nitrogen and oxygen atoms in total. The van der Waals surface area contributed by atoms with Crippen LogP contribution in [0.2, 0.25) is 0 Å². The van der Waals surface area contributed by atoms with Gasteiger partial charge in [0.15, 0.2) is 0 Å². The van der Waals surface area contributed by atoms with Crippen LogP contribution in [0.4, 0.5) is 0 Å². The number of pyridine rings is 1. The lowest BCUT2D eigenvalue weighted by Crippen LogP contribution is -2.71. The van der Waals surface area contributed by atoms with Crippen molar-refractivity contribution in [2.24, 2.45) is 5.92 Å². The zero-order valence-corrected chi connectivity index (χ0v) is 19.8. The van der Waals surface area contributed by atoms with E-state index in [4.69, 9.17) is 0 Å². The van der Waals surface area contributed by atoms with Crippen molar-refractivity contribution in [1.29, 1.82) is 0 Å². The Morgan fingerprint density at radius 2 is 1.91 bits per heavy atom. The number of aromatic hydroxyl groups is 1. The van der Waals surface area contributed by atoms with Gasteiger partial charge in [0, 0.05) is 49.4 Å². The van der Waals surface area contributed by atoms with Crippen LogP contribution in [-0.4, -0.2) is 69.4 Å². The van der Waals surface area contributed by atoms with Gasteiger partial charge in [-0.05, 0) is 99.3 Å².